The van der Waals surface area contributed by atoms with Crippen molar-refractivity contribution < 1.29 is 55.2 Å². The summed E-state index contributed by atoms with van der Waals surface area (Å²) in [5, 5.41) is 88.5. The standard InChI is InChI=1S/C45H49NO11/c1-3-5-6-9-24(20-40(52)57-44(45(55)56)34(23-46-4-2)26-15-17-36(48)37(49)19-26)31-21-38(50)42(53)29-16-14-25(18-33(29)31)32-22-39(51)43(54)30-12-7-10-27-28(41(30)32)11-8-13-35(27)47/h8,11,13,15,17-22,34,44,46-51,53-54H,3-7,9-10,12,14,16,23H2,1-2H3,(H,55,56). The van der Waals surface area contributed by atoms with Gasteiger partial charge in [-0.3, -0.25) is 0 Å². The minimum atomic E-state index is -1.69. The molecule has 300 valence electrons. The molecule has 2 aliphatic carbocycles. The molecular weight excluding hydrogens is 730 g/mol. The Labute approximate surface area is 330 Å². The molecule has 2 atom stereocenters. The van der Waals surface area contributed by atoms with Crippen LogP contribution in [0.2, 0.25) is 0 Å². The summed E-state index contributed by atoms with van der Waals surface area (Å²) in [5.41, 5.74) is 6.24. The van der Waals surface area contributed by atoms with Crippen LogP contribution in [0.4, 0.5) is 0 Å². The first-order valence-corrected chi connectivity index (χ1v) is 19.4. The normalized spacial score (nSPS) is 14.7. The van der Waals surface area contributed by atoms with Gasteiger partial charge in [0, 0.05) is 35.2 Å². The first-order chi connectivity index (χ1) is 27.3. The van der Waals surface area contributed by atoms with E-state index in [4.69, 9.17) is 4.74 Å². The number of fused-ring (bicyclic) bond motifs is 4. The fraction of sp³-hybridized carbons (Fsp3) is 0.333. The number of carboxylic acid groups (broad SMARTS) is 1. The van der Waals surface area contributed by atoms with E-state index in [1.54, 1.807) is 12.1 Å². The van der Waals surface area contributed by atoms with Crippen LogP contribution in [0.25, 0.3) is 28.3 Å². The Bertz CT molecular complexity index is 2260. The summed E-state index contributed by atoms with van der Waals surface area (Å²) in [4.78, 5) is 26.5. The molecule has 0 saturated carbocycles. The van der Waals surface area contributed by atoms with Gasteiger partial charge in [-0.2, -0.15) is 0 Å². The number of unbranched alkanes of at least 4 members (excludes halogenated alkanes) is 2. The van der Waals surface area contributed by atoms with Crippen LogP contribution in [0.15, 0.2) is 54.6 Å². The molecular formula is C45H49NO11. The van der Waals surface area contributed by atoms with Crippen LogP contribution in [0.3, 0.4) is 0 Å². The van der Waals surface area contributed by atoms with Crippen molar-refractivity contribution in [3.63, 3.8) is 0 Å². The molecule has 0 aliphatic heterocycles. The van der Waals surface area contributed by atoms with Crippen LogP contribution < -0.4 is 5.32 Å². The molecule has 57 heavy (non-hydrogen) atoms. The monoisotopic (exact) mass is 779 g/mol. The number of phenolic OH excluding ortho intramolecular Hbond substituents is 7. The smallest absolute Gasteiger partial charge is 0.345 e. The van der Waals surface area contributed by atoms with Gasteiger partial charge >= 0.3 is 11.9 Å². The molecule has 12 nitrogen and oxygen atoms in total. The number of carbonyl (C=O) groups excluding carboxylic acids is 1. The predicted octanol–water partition coefficient (Wildman–Crippen LogP) is 7.62. The largest absolute Gasteiger partial charge is 0.508 e. The number of carbonyl (C=O) groups is 2. The number of phenols is 7. The first kappa shape index (κ1) is 40.5. The zero-order valence-electron chi connectivity index (χ0n) is 32.0. The van der Waals surface area contributed by atoms with Gasteiger partial charge in [0.25, 0.3) is 0 Å². The lowest BCUT2D eigenvalue weighted by Gasteiger charge is -2.26. The third-order valence-electron chi connectivity index (χ3n) is 11.0. The second kappa shape index (κ2) is 17.3. The van der Waals surface area contributed by atoms with Crippen LogP contribution in [0.5, 0.6) is 40.2 Å². The van der Waals surface area contributed by atoms with Gasteiger partial charge in [-0.25, -0.2) is 9.59 Å². The maximum absolute atomic E-state index is 13.8. The van der Waals surface area contributed by atoms with Gasteiger partial charge in [-0.15, -0.1) is 0 Å². The maximum atomic E-state index is 13.8. The van der Waals surface area contributed by atoms with E-state index in [1.807, 2.05) is 26.0 Å². The van der Waals surface area contributed by atoms with Crippen molar-refractivity contribution in [2.45, 2.75) is 83.7 Å². The van der Waals surface area contributed by atoms with Crippen LogP contribution in [0, 0.1) is 0 Å². The average molecular weight is 780 g/mol. The molecule has 6 rings (SSSR count). The molecule has 0 fully saturated rings. The number of allylic oxidation sites excluding steroid dienone is 2. The maximum Gasteiger partial charge on any atom is 0.345 e. The molecule has 4 aromatic rings. The number of hydrogen-bond donors (Lipinski definition) is 9. The molecule has 0 spiro atoms. The van der Waals surface area contributed by atoms with Crippen molar-refractivity contribution in [3.8, 4) is 51.4 Å². The third kappa shape index (κ3) is 8.36. The lowest BCUT2D eigenvalue weighted by Crippen LogP contribution is -2.38. The van der Waals surface area contributed by atoms with Crippen molar-refractivity contribution in [2.24, 2.45) is 0 Å². The van der Waals surface area contributed by atoms with Crippen LogP contribution in [0.1, 0.15) is 97.2 Å². The van der Waals surface area contributed by atoms with E-state index in [9.17, 15) is 50.4 Å². The van der Waals surface area contributed by atoms with Crippen molar-refractivity contribution in [2.75, 3.05) is 13.1 Å². The van der Waals surface area contributed by atoms with Gasteiger partial charge in [0.2, 0.25) is 6.10 Å². The predicted molar refractivity (Wildman–Crippen MR) is 216 cm³/mol. The van der Waals surface area contributed by atoms with Crippen LogP contribution >= 0.6 is 0 Å². The summed E-state index contributed by atoms with van der Waals surface area (Å²) in [5.74, 6) is -5.24. The van der Waals surface area contributed by atoms with Crippen molar-refractivity contribution >= 4 is 29.2 Å². The minimum absolute atomic E-state index is 0.0750. The highest BCUT2D eigenvalue weighted by atomic mass is 16.6. The van der Waals surface area contributed by atoms with Crippen LogP contribution in [-0.4, -0.2) is 72.0 Å². The van der Waals surface area contributed by atoms with Gasteiger partial charge in [0.05, 0.1) is 0 Å². The third-order valence-corrected chi connectivity index (χ3v) is 11.0. The lowest BCUT2D eigenvalue weighted by atomic mass is 9.80. The Morgan fingerprint density at radius 2 is 1.51 bits per heavy atom. The topological polar surface area (TPSA) is 217 Å². The fourth-order valence-corrected chi connectivity index (χ4v) is 8.09. The zero-order chi connectivity index (χ0) is 41.0. The SMILES string of the molecule is CCCCCC(=CC(=O)OC(C(=O)O)C(CNCC)c1ccc(O)c(O)c1)c1cc(O)c(O)c2c1C=C(c1cc(O)c(O)c3c1-c1cccc(O)c1CCC3)CC2. The van der Waals surface area contributed by atoms with E-state index in [0.717, 1.165) is 29.5 Å². The number of aliphatic carboxylic acids is 1. The van der Waals surface area contributed by atoms with Gasteiger partial charge in [0.1, 0.15) is 5.75 Å². The van der Waals surface area contributed by atoms with E-state index in [-0.39, 0.29) is 41.7 Å². The highest BCUT2D eigenvalue weighted by Crippen LogP contribution is 2.50. The Morgan fingerprint density at radius 1 is 0.772 bits per heavy atom. The quantitative estimate of drug-likeness (QED) is 0.0261. The van der Waals surface area contributed by atoms with Crippen molar-refractivity contribution in [3.05, 3.63) is 93.6 Å². The number of rotatable bonds is 14. The second-order valence-electron chi connectivity index (χ2n) is 14.6. The second-order valence-corrected chi connectivity index (χ2v) is 14.6. The van der Waals surface area contributed by atoms with Gasteiger partial charge < -0.3 is 50.9 Å². The number of ether oxygens (including phenoxy) is 1. The van der Waals surface area contributed by atoms with E-state index in [1.165, 1.54) is 36.4 Å². The summed E-state index contributed by atoms with van der Waals surface area (Å²) in [6.45, 7) is 4.41. The molecule has 0 radical (unpaired) electrons. The summed E-state index contributed by atoms with van der Waals surface area (Å²) in [6, 6.07) is 12.0. The number of esters is 1. The Kier molecular flexibility index (Phi) is 12.3. The Hall–Kier alpha value is -6.14. The van der Waals surface area contributed by atoms with E-state index < -0.39 is 35.5 Å². The molecule has 2 aliphatic rings. The lowest BCUT2D eigenvalue weighted by molar-refractivity contribution is -0.162. The number of hydrogen-bond acceptors (Lipinski definition) is 11. The molecule has 0 aromatic heterocycles. The fourth-order valence-electron chi connectivity index (χ4n) is 8.09. The highest BCUT2D eigenvalue weighted by Gasteiger charge is 2.34. The van der Waals surface area contributed by atoms with E-state index >= 15 is 0 Å². The molecule has 0 heterocycles. The number of aromatic hydroxyl groups is 7. The summed E-state index contributed by atoms with van der Waals surface area (Å²) in [6.07, 6.45) is 6.31. The summed E-state index contributed by atoms with van der Waals surface area (Å²) < 4.78 is 5.69. The summed E-state index contributed by atoms with van der Waals surface area (Å²) >= 11 is 0. The number of carboxylic acids is 1. The van der Waals surface area contributed by atoms with E-state index in [0.29, 0.717) is 89.6 Å². The molecule has 9 N–H and O–H groups in total. The van der Waals surface area contributed by atoms with Gasteiger partial charge in [-0.1, -0.05) is 51.0 Å². The molecule has 0 bridgehead atoms. The molecule has 0 saturated heterocycles. The minimum Gasteiger partial charge on any atom is -0.508 e. The zero-order valence-corrected chi connectivity index (χ0v) is 32.0. The Morgan fingerprint density at radius 3 is 2.23 bits per heavy atom. The first-order valence-electron chi connectivity index (χ1n) is 19.4. The van der Waals surface area contributed by atoms with Crippen molar-refractivity contribution in [1.82, 2.24) is 5.32 Å². The average Bonchev–Trinajstić information content (AvgIpc) is 3.39. The molecule has 12 heteroatoms. The van der Waals surface area contributed by atoms with Gasteiger partial charge in [-0.05, 0) is 126 Å². The number of benzene rings is 4. The molecule has 4 aromatic carbocycles. The number of nitrogens with one attached hydrogen (secondary N) is 1. The Balaban J connectivity index is 1.47. The summed E-state index contributed by atoms with van der Waals surface area (Å²) in [7, 11) is 0. The number of likely N-dealkylation sites (N-methyl/N-ethyl adjacent to an activating group) is 1. The molecule has 2 unspecified atom stereocenters. The highest BCUT2D eigenvalue weighted by molar-refractivity contribution is 5.99. The molecule has 0 amide bonds. The van der Waals surface area contributed by atoms with E-state index in [2.05, 4.69) is 5.32 Å². The van der Waals surface area contributed by atoms with Crippen molar-refractivity contribution in [1.29, 1.82) is 0 Å². The van der Waals surface area contributed by atoms with Crippen LogP contribution in [-0.2, 0) is 33.6 Å². The van der Waals surface area contributed by atoms with Gasteiger partial charge in [0.15, 0.2) is 34.5 Å².